The first-order chi connectivity index (χ1) is 11.1. The number of para-hydroxylation sites is 1. The van der Waals surface area contributed by atoms with Crippen molar-refractivity contribution >= 4 is 11.8 Å². The van der Waals surface area contributed by atoms with Gasteiger partial charge in [0.05, 0.1) is 0 Å². The van der Waals surface area contributed by atoms with Crippen LogP contribution < -0.4 is 21.5 Å². The van der Waals surface area contributed by atoms with Crippen molar-refractivity contribution in [1.82, 2.24) is 10.9 Å². The molecule has 6 nitrogen and oxygen atoms in total. The van der Waals surface area contributed by atoms with E-state index in [0.717, 1.165) is 43.7 Å². The normalized spacial score (nSPS) is 15.7. The van der Waals surface area contributed by atoms with Crippen LogP contribution in [0.25, 0.3) is 0 Å². The van der Waals surface area contributed by atoms with Crippen molar-refractivity contribution in [2.45, 2.75) is 39.3 Å². The zero-order chi connectivity index (χ0) is 16.7. The lowest BCUT2D eigenvalue weighted by molar-refractivity contribution is 0.133. The Morgan fingerprint density at radius 1 is 1.35 bits per heavy atom. The average Bonchev–Trinajstić information content (AvgIpc) is 2.58. The first-order valence-corrected chi connectivity index (χ1v) is 8.31. The lowest BCUT2D eigenvalue weighted by Gasteiger charge is -2.34. The number of nitrogens with one attached hydrogen (secondary N) is 2. The summed E-state index contributed by atoms with van der Waals surface area (Å²) in [5, 5.41) is 0. The van der Waals surface area contributed by atoms with E-state index in [2.05, 4.69) is 21.8 Å². The van der Waals surface area contributed by atoms with Crippen molar-refractivity contribution in [3.63, 3.8) is 0 Å². The quantitative estimate of drug-likeness (QED) is 0.699. The number of benzene rings is 1. The molecule has 0 unspecified atom stereocenters. The lowest BCUT2D eigenvalue weighted by Crippen LogP contribution is -2.42. The summed E-state index contributed by atoms with van der Waals surface area (Å²) < 4.78 is 5.29. The molecule has 1 aliphatic rings. The van der Waals surface area contributed by atoms with Crippen molar-refractivity contribution in [2.24, 2.45) is 11.7 Å². The first-order valence-electron chi connectivity index (χ1n) is 8.31. The molecule has 1 saturated heterocycles. The van der Waals surface area contributed by atoms with Gasteiger partial charge in [0.25, 0.3) is 0 Å². The maximum atomic E-state index is 11.7. The molecule has 2 rings (SSSR count). The average molecular weight is 320 g/mol. The highest BCUT2D eigenvalue weighted by atomic mass is 16.6. The van der Waals surface area contributed by atoms with Crippen molar-refractivity contribution in [1.29, 1.82) is 0 Å². The molecule has 0 spiro atoms. The number of piperidine rings is 1. The van der Waals surface area contributed by atoms with Gasteiger partial charge in [-0.15, -0.1) is 0 Å². The Hall–Kier alpha value is -1.79. The minimum absolute atomic E-state index is 0.165. The van der Waals surface area contributed by atoms with E-state index in [1.807, 2.05) is 32.0 Å². The van der Waals surface area contributed by atoms with E-state index in [9.17, 15) is 4.79 Å². The number of nitrogens with two attached hydrogens (primary N) is 1. The Labute approximate surface area is 138 Å². The molecule has 0 aromatic heterocycles. The van der Waals surface area contributed by atoms with Crippen molar-refractivity contribution in [3.05, 3.63) is 29.8 Å². The summed E-state index contributed by atoms with van der Waals surface area (Å²) in [7, 11) is 0. The first kappa shape index (κ1) is 17.6. The zero-order valence-electron chi connectivity index (χ0n) is 14.0. The van der Waals surface area contributed by atoms with Gasteiger partial charge in [0, 0.05) is 30.4 Å². The monoisotopic (exact) mass is 320 g/mol. The Bertz CT molecular complexity index is 499. The maximum absolute atomic E-state index is 11.7. The molecule has 0 saturated carbocycles. The topological polar surface area (TPSA) is 79.6 Å². The molecular weight excluding hydrogens is 292 g/mol. The molecule has 128 valence electrons. The molecular formula is C17H28N4O2. The molecule has 0 bridgehead atoms. The number of rotatable bonds is 6. The van der Waals surface area contributed by atoms with Gasteiger partial charge in [-0.3, -0.25) is 5.43 Å². The van der Waals surface area contributed by atoms with E-state index >= 15 is 0 Å². The summed E-state index contributed by atoms with van der Waals surface area (Å²) >= 11 is 0. The molecule has 1 heterocycles. The number of anilines is 1. The number of hydrogen-bond donors (Lipinski definition) is 3. The third kappa shape index (κ3) is 5.41. The Morgan fingerprint density at radius 2 is 2.04 bits per heavy atom. The van der Waals surface area contributed by atoms with E-state index in [1.165, 1.54) is 0 Å². The third-order valence-electron chi connectivity index (χ3n) is 4.10. The number of carbonyl (C=O) groups excluding carboxylic acids is 1. The van der Waals surface area contributed by atoms with Crippen molar-refractivity contribution in [2.75, 3.05) is 24.5 Å². The Kier molecular flexibility index (Phi) is 6.67. The predicted molar refractivity (Wildman–Crippen MR) is 92.0 cm³/mol. The fraction of sp³-hybridized carbons (Fsp3) is 0.588. The highest BCUT2D eigenvalue weighted by molar-refractivity contribution is 5.67. The highest BCUT2D eigenvalue weighted by Crippen LogP contribution is 2.26. The van der Waals surface area contributed by atoms with E-state index in [-0.39, 0.29) is 12.6 Å². The number of hydrogen-bond acceptors (Lipinski definition) is 5. The highest BCUT2D eigenvalue weighted by Gasteiger charge is 2.20. The van der Waals surface area contributed by atoms with Gasteiger partial charge in [0.15, 0.2) is 0 Å². The van der Waals surface area contributed by atoms with Crippen LogP contribution in [-0.4, -0.2) is 31.8 Å². The van der Waals surface area contributed by atoms with Gasteiger partial charge in [0.1, 0.15) is 6.61 Å². The fourth-order valence-electron chi connectivity index (χ4n) is 2.73. The zero-order valence-corrected chi connectivity index (χ0v) is 14.0. The number of nitrogens with zero attached hydrogens (tertiary/aromatic N) is 1. The maximum Gasteiger partial charge on any atom is 0.421 e. The van der Waals surface area contributed by atoms with E-state index in [1.54, 1.807) is 0 Å². The lowest BCUT2D eigenvalue weighted by atomic mass is 9.96. The molecule has 0 aliphatic carbocycles. The summed E-state index contributed by atoms with van der Waals surface area (Å²) in [6.45, 7) is 6.92. The van der Waals surface area contributed by atoms with Crippen LogP contribution in [0.1, 0.15) is 32.3 Å². The summed E-state index contributed by atoms with van der Waals surface area (Å²) in [5.41, 5.74) is 13.3. The second-order valence-corrected chi connectivity index (χ2v) is 6.30. The predicted octanol–water partition coefficient (Wildman–Crippen LogP) is 2.00. The van der Waals surface area contributed by atoms with Crippen LogP contribution >= 0.6 is 0 Å². The number of amides is 1. The van der Waals surface area contributed by atoms with Gasteiger partial charge in [-0.25, -0.2) is 10.2 Å². The summed E-state index contributed by atoms with van der Waals surface area (Å²) in [6, 6.07) is 8.26. The number of hydrazine groups is 1. The van der Waals surface area contributed by atoms with Gasteiger partial charge in [0.2, 0.25) is 0 Å². The van der Waals surface area contributed by atoms with Crippen LogP contribution in [0.4, 0.5) is 10.5 Å². The van der Waals surface area contributed by atoms with E-state index in [0.29, 0.717) is 5.92 Å². The fourth-order valence-corrected chi connectivity index (χ4v) is 2.73. The number of carbonyl (C=O) groups is 1. The molecule has 1 amide bonds. The van der Waals surface area contributed by atoms with Gasteiger partial charge in [-0.1, -0.05) is 18.2 Å². The molecule has 6 heteroatoms. The van der Waals surface area contributed by atoms with Crippen LogP contribution in [0.2, 0.25) is 0 Å². The molecule has 1 fully saturated rings. The van der Waals surface area contributed by atoms with Crippen LogP contribution in [0.15, 0.2) is 24.3 Å². The van der Waals surface area contributed by atoms with Gasteiger partial charge in [-0.05, 0) is 45.2 Å². The van der Waals surface area contributed by atoms with Gasteiger partial charge in [-0.2, -0.15) is 0 Å². The molecule has 0 atom stereocenters. The Morgan fingerprint density at radius 3 is 2.70 bits per heavy atom. The summed E-state index contributed by atoms with van der Waals surface area (Å²) in [5.74, 6) is 0.627. The minimum atomic E-state index is -0.463. The Balaban J connectivity index is 1.91. The molecule has 1 aromatic carbocycles. The molecule has 4 N–H and O–H groups in total. The molecule has 1 aliphatic heterocycles. The van der Waals surface area contributed by atoms with Crippen LogP contribution in [0, 0.1) is 5.92 Å². The standard InChI is InChI=1S/C17H28N4O2/c1-13(2)19-20-17(22)23-12-15-5-3-4-6-16(15)21-9-7-14(11-18)8-10-21/h3-6,13-14,19H,7-12,18H2,1-2H3,(H,20,22). The smallest absolute Gasteiger partial charge is 0.421 e. The molecule has 23 heavy (non-hydrogen) atoms. The largest absolute Gasteiger partial charge is 0.444 e. The second-order valence-electron chi connectivity index (χ2n) is 6.30. The third-order valence-corrected chi connectivity index (χ3v) is 4.10. The van der Waals surface area contributed by atoms with E-state index in [4.69, 9.17) is 10.5 Å². The van der Waals surface area contributed by atoms with Crippen molar-refractivity contribution < 1.29 is 9.53 Å². The second kappa shape index (κ2) is 8.74. The summed E-state index contributed by atoms with van der Waals surface area (Å²) in [6.07, 6.45) is 1.77. The van der Waals surface area contributed by atoms with Gasteiger partial charge < -0.3 is 15.4 Å². The van der Waals surface area contributed by atoms with Crippen LogP contribution in [0.5, 0.6) is 0 Å². The van der Waals surface area contributed by atoms with Crippen LogP contribution in [-0.2, 0) is 11.3 Å². The van der Waals surface area contributed by atoms with Gasteiger partial charge >= 0.3 is 6.09 Å². The molecule has 0 radical (unpaired) electrons. The summed E-state index contributed by atoms with van der Waals surface area (Å²) in [4.78, 5) is 14.0. The molecule has 1 aromatic rings. The SMILES string of the molecule is CC(C)NNC(=O)OCc1ccccc1N1CCC(CN)CC1. The minimum Gasteiger partial charge on any atom is -0.444 e. The van der Waals surface area contributed by atoms with E-state index < -0.39 is 6.09 Å². The van der Waals surface area contributed by atoms with Crippen LogP contribution in [0.3, 0.4) is 0 Å². The van der Waals surface area contributed by atoms with Crippen molar-refractivity contribution in [3.8, 4) is 0 Å². The number of ether oxygens (including phenoxy) is 1.